The zero-order valence-electron chi connectivity index (χ0n) is 30.8. The molecule has 0 amide bonds. The van der Waals surface area contributed by atoms with E-state index in [2.05, 4.69) is 32.0 Å². The maximum absolute atomic E-state index is 9.22. The van der Waals surface area contributed by atoms with Crippen LogP contribution in [-0.4, -0.2) is 51.2 Å². The normalized spacial score (nSPS) is 12.0. The molecule has 0 saturated carbocycles. The summed E-state index contributed by atoms with van der Waals surface area (Å²) in [5, 5.41) is 0. The van der Waals surface area contributed by atoms with Crippen LogP contribution in [0.15, 0.2) is 0 Å². The predicted molar refractivity (Wildman–Crippen MR) is 193 cm³/mol. The SMILES string of the molecule is CCCCCCCCCCCC[N+](C)(CCCCCCCCCCCC)CCCCCCCCCCCC.COS(=O)(=O)[O-]. The Labute approximate surface area is 278 Å². The monoisotopic (exact) mass is 648 g/mol. The van der Waals surface area contributed by atoms with Crippen LogP contribution in [0.2, 0.25) is 0 Å². The Morgan fingerprint density at radius 3 is 0.727 bits per heavy atom. The van der Waals surface area contributed by atoms with Crippen LogP contribution < -0.4 is 0 Å². The van der Waals surface area contributed by atoms with Crippen LogP contribution in [0, 0.1) is 0 Å². The van der Waals surface area contributed by atoms with Crippen LogP contribution in [0.5, 0.6) is 0 Å². The van der Waals surface area contributed by atoms with E-state index < -0.39 is 10.4 Å². The van der Waals surface area contributed by atoms with Crippen molar-refractivity contribution in [3.63, 3.8) is 0 Å². The quantitative estimate of drug-likeness (QED) is 0.0302. The van der Waals surface area contributed by atoms with E-state index in [4.69, 9.17) is 0 Å². The molecule has 0 aliphatic carbocycles. The Morgan fingerprint density at radius 2 is 0.568 bits per heavy atom. The van der Waals surface area contributed by atoms with E-state index in [-0.39, 0.29) is 0 Å². The fourth-order valence-corrected chi connectivity index (χ4v) is 6.28. The van der Waals surface area contributed by atoms with Crippen molar-refractivity contribution in [2.45, 2.75) is 213 Å². The van der Waals surface area contributed by atoms with Crippen LogP contribution in [0.3, 0.4) is 0 Å². The van der Waals surface area contributed by atoms with Gasteiger partial charge in [-0.1, -0.05) is 175 Å². The third-order valence-corrected chi connectivity index (χ3v) is 9.77. The van der Waals surface area contributed by atoms with E-state index in [1.165, 1.54) is 217 Å². The molecule has 0 bridgehead atoms. The molecule has 0 atom stereocenters. The molecule has 0 aromatic carbocycles. The molecule has 0 N–H and O–H groups in total. The van der Waals surface area contributed by atoms with Crippen LogP contribution in [0.1, 0.15) is 213 Å². The van der Waals surface area contributed by atoms with Crippen molar-refractivity contribution in [1.82, 2.24) is 0 Å². The smallest absolute Gasteiger partial charge is 0.217 e. The lowest BCUT2D eigenvalue weighted by Gasteiger charge is -2.35. The average Bonchev–Trinajstić information content (AvgIpc) is 3.00. The molecule has 0 unspecified atom stereocenters. The molecular weight excluding hydrogens is 566 g/mol. The van der Waals surface area contributed by atoms with Crippen molar-refractivity contribution < 1.29 is 21.6 Å². The van der Waals surface area contributed by atoms with Crippen molar-refractivity contribution >= 4 is 10.4 Å². The Kier molecular flexibility index (Phi) is 37.3. The minimum atomic E-state index is -4.41. The van der Waals surface area contributed by atoms with Crippen molar-refractivity contribution in [2.24, 2.45) is 0 Å². The molecule has 6 heteroatoms. The lowest BCUT2D eigenvalue weighted by Crippen LogP contribution is -2.46. The summed E-state index contributed by atoms with van der Waals surface area (Å²) in [6, 6.07) is 0. The summed E-state index contributed by atoms with van der Waals surface area (Å²) in [5.74, 6) is 0. The highest BCUT2D eigenvalue weighted by Gasteiger charge is 2.20. The predicted octanol–water partition coefficient (Wildman–Crippen LogP) is 12.3. The summed E-state index contributed by atoms with van der Waals surface area (Å²) in [5.41, 5.74) is 0. The molecule has 0 aliphatic heterocycles. The number of nitrogens with zero attached hydrogens (tertiary/aromatic N) is 1. The maximum Gasteiger partial charge on any atom is 0.217 e. The minimum absolute atomic E-state index is 0.808. The summed E-state index contributed by atoms with van der Waals surface area (Å²) in [6.45, 7) is 11.3. The summed E-state index contributed by atoms with van der Waals surface area (Å²) in [4.78, 5) is 0. The highest BCUT2D eigenvalue weighted by Crippen LogP contribution is 2.18. The van der Waals surface area contributed by atoms with Gasteiger partial charge in [-0.25, -0.2) is 8.42 Å². The van der Waals surface area contributed by atoms with Crippen molar-refractivity contribution in [1.29, 1.82) is 0 Å². The Morgan fingerprint density at radius 1 is 0.409 bits per heavy atom. The number of hydrogen-bond acceptors (Lipinski definition) is 4. The third-order valence-electron chi connectivity index (χ3n) is 9.36. The van der Waals surface area contributed by atoms with Gasteiger partial charge in [0.25, 0.3) is 0 Å². The molecule has 0 heterocycles. The van der Waals surface area contributed by atoms with Gasteiger partial charge >= 0.3 is 0 Å². The number of quaternary nitrogens is 1. The highest BCUT2D eigenvalue weighted by molar-refractivity contribution is 7.80. The van der Waals surface area contributed by atoms with Gasteiger partial charge in [0.05, 0.1) is 33.8 Å². The van der Waals surface area contributed by atoms with E-state index in [9.17, 15) is 13.0 Å². The number of unbranched alkanes of at least 4 members (excludes halogenated alkanes) is 27. The van der Waals surface area contributed by atoms with Gasteiger partial charge in [-0.15, -0.1) is 0 Å². The Hall–Kier alpha value is -0.170. The molecule has 0 aromatic rings. The summed E-state index contributed by atoms with van der Waals surface area (Å²) < 4.78 is 32.4. The van der Waals surface area contributed by atoms with Crippen molar-refractivity contribution in [2.75, 3.05) is 33.8 Å². The first-order valence-corrected chi connectivity index (χ1v) is 20.9. The summed E-state index contributed by atoms with van der Waals surface area (Å²) in [7, 11) is -0.998. The van der Waals surface area contributed by atoms with Gasteiger partial charge in [-0.05, 0) is 38.5 Å². The zero-order chi connectivity index (χ0) is 33.0. The molecule has 0 aromatic heterocycles. The van der Waals surface area contributed by atoms with E-state index in [1.54, 1.807) is 0 Å². The van der Waals surface area contributed by atoms with E-state index in [0.29, 0.717) is 0 Å². The second-order valence-corrected chi connectivity index (χ2v) is 15.1. The maximum atomic E-state index is 9.22. The summed E-state index contributed by atoms with van der Waals surface area (Å²) in [6.07, 6.45) is 43.8. The first-order chi connectivity index (χ1) is 21.2. The fourth-order valence-electron chi connectivity index (χ4n) is 6.28. The molecule has 0 rings (SSSR count). The zero-order valence-corrected chi connectivity index (χ0v) is 31.6. The second-order valence-electron chi connectivity index (χ2n) is 13.9. The van der Waals surface area contributed by atoms with Crippen LogP contribution >= 0.6 is 0 Å². The number of hydrogen-bond donors (Lipinski definition) is 0. The van der Waals surface area contributed by atoms with Crippen LogP contribution in [0.4, 0.5) is 0 Å². The van der Waals surface area contributed by atoms with Gasteiger partial charge in [0.15, 0.2) is 0 Å². The average molecular weight is 648 g/mol. The van der Waals surface area contributed by atoms with Crippen LogP contribution in [0.25, 0.3) is 0 Å². The van der Waals surface area contributed by atoms with Gasteiger partial charge in [0.2, 0.25) is 10.4 Å². The lowest BCUT2D eigenvalue weighted by molar-refractivity contribution is -0.910. The minimum Gasteiger partial charge on any atom is -0.726 e. The standard InChI is InChI=1S/C37H78N.CH4O4S/c1-5-8-11-14-17-20-23-26-29-32-35-38(4,36-33-30-27-24-21-18-15-12-9-6-2)37-34-31-28-25-22-19-16-13-10-7-3;1-5-6(2,3)4/h5-37H2,1-4H3;1H3,(H,2,3,4)/q+1;/p-1. The highest BCUT2D eigenvalue weighted by atomic mass is 32.3. The first-order valence-electron chi connectivity index (χ1n) is 19.6. The molecular formula is C38H81NO4S. The van der Waals surface area contributed by atoms with Gasteiger partial charge in [-0.3, -0.25) is 4.18 Å². The second kappa shape index (κ2) is 35.7. The molecule has 5 nitrogen and oxygen atoms in total. The first kappa shape index (κ1) is 46.0. The molecule has 0 aliphatic rings. The third kappa shape index (κ3) is 39.9. The molecule has 0 fully saturated rings. The lowest BCUT2D eigenvalue weighted by atomic mass is 10.0. The number of rotatable bonds is 34. The van der Waals surface area contributed by atoms with Crippen LogP contribution in [-0.2, 0) is 14.6 Å². The van der Waals surface area contributed by atoms with Gasteiger partial charge in [0.1, 0.15) is 0 Å². The van der Waals surface area contributed by atoms with E-state index in [1.807, 2.05) is 0 Å². The molecule has 0 radical (unpaired) electrons. The Bertz CT molecular complexity index is 581. The molecule has 0 spiro atoms. The topological polar surface area (TPSA) is 66.4 Å². The molecule has 0 saturated heterocycles. The van der Waals surface area contributed by atoms with Crippen molar-refractivity contribution in [3.05, 3.63) is 0 Å². The fraction of sp³-hybridized carbons (Fsp3) is 1.00. The Balaban J connectivity index is 0. The molecule has 268 valence electrons. The van der Waals surface area contributed by atoms with Gasteiger partial charge < -0.3 is 9.04 Å². The largest absolute Gasteiger partial charge is 0.726 e. The van der Waals surface area contributed by atoms with Gasteiger partial charge in [0, 0.05) is 0 Å². The summed E-state index contributed by atoms with van der Waals surface area (Å²) >= 11 is 0. The molecule has 44 heavy (non-hydrogen) atoms. The van der Waals surface area contributed by atoms with Gasteiger partial charge in [-0.2, -0.15) is 0 Å². The van der Waals surface area contributed by atoms with E-state index in [0.717, 1.165) is 7.11 Å². The van der Waals surface area contributed by atoms with Crippen molar-refractivity contribution in [3.8, 4) is 0 Å². The van der Waals surface area contributed by atoms with E-state index >= 15 is 0 Å².